The second-order valence-electron chi connectivity index (χ2n) is 4.54. The van der Waals surface area contributed by atoms with Crippen molar-refractivity contribution in [3.05, 3.63) is 21.9 Å². The molecule has 2 nitrogen and oxygen atoms in total. The molecule has 1 aliphatic rings. The van der Waals surface area contributed by atoms with Gasteiger partial charge >= 0.3 is 0 Å². The molecule has 0 amide bonds. The highest BCUT2D eigenvalue weighted by Gasteiger charge is 2.44. The number of nitriles is 1. The van der Waals surface area contributed by atoms with Crippen LogP contribution in [0.15, 0.2) is 11.4 Å². The predicted octanol–water partition coefficient (Wildman–Crippen LogP) is 2.51. The van der Waals surface area contributed by atoms with Crippen LogP contribution in [0, 0.1) is 16.7 Å². The van der Waals surface area contributed by atoms with Gasteiger partial charge in [-0.2, -0.15) is 5.26 Å². The topological polar surface area (TPSA) is 35.8 Å². The van der Waals surface area contributed by atoms with Crippen LogP contribution >= 0.6 is 11.3 Å². The zero-order valence-corrected chi connectivity index (χ0v) is 9.32. The Balaban J connectivity index is 1.85. The summed E-state index contributed by atoms with van der Waals surface area (Å²) in [6.45, 7) is 5.46. The van der Waals surface area contributed by atoms with Crippen LogP contribution in [0.1, 0.15) is 30.7 Å². The van der Waals surface area contributed by atoms with Gasteiger partial charge in [0.15, 0.2) is 0 Å². The molecule has 1 aromatic rings. The van der Waals surface area contributed by atoms with Crippen LogP contribution in [-0.4, -0.2) is 6.04 Å². The van der Waals surface area contributed by atoms with Gasteiger partial charge in [0.05, 0.1) is 5.56 Å². The molecule has 1 atom stereocenters. The zero-order valence-electron chi connectivity index (χ0n) is 8.50. The second kappa shape index (κ2) is 3.38. The van der Waals surface area contributed by atoms with Gasteiger partial charge in [-0.3, -0.25) is 0 Å². The number of rotatable bonds is 3. The van der Waals surface area contributed by atoms with E-state index in [4.69, 9.17) is 5.26 Å². The molecule has 1 aromatic heterocycles. The van der Waals surface area contributed by atoms with Gasteiger partial charge < -0.3 is 5.32 Å². The van der Waals surface area contributed by atoms with E-state index in [1.54, 1.807) is 11.3 Å². The molecule has 3 heteroatoms. The smallest absolute Gasteiger partial charge is 0.100 e. The molecule has 0 aromatic carbocycles. The van der Waals surface area contributed by atoms with Crippen molar-refractivity contribution in [1.29, 1.82) is 5.26 Å². The summed E-state index contributed by atoms with van der Waals surface area (Å²) in [4.78, 5) is 1.25. The Bertz CT molecular complexity index is 373. The van der Waals surface area contributed by atoms with Crippen molar-refractivity contribution in [2.45, 2.75) is 32.9 Å². The molecule has 0 aliphatic heterocycles. The first-order valence-electron chi connectivity index (χ1n) is 4.83. The highest BCUT2D eigenvalue weighted by atomic mass is 32.1. The quantitative estimate of drug-likeness (QED) is 0.824. The Labute approximate surface area is 88.6 Å². The number of nitrogens with zero attached hydrogens (tertiary/aromatic N) is 1. The van der Waals surface area contributed by atoms with Gasteiger partial charge in [-0.15, -0.1) is 11.3 Å². The second-order valence-corrected chi connectivity index (χ2v) is 5.54. The Hall–Kier alpha value is -0.850. The molecule has 1 aliphatic carbocycles. The lowest BCUT2D eigenvalue weighted by atomic mass is 10.2. The Morgan fingerprint density at radius 3 is 2.93 bits per heavy atom. The molecule has 0 spiro atoms. The van der Waals surface area contributed by atoms with E-state index in [2.05, 4.69) is 25.2 Å². The first-order valence-corrected chi connectivity index (χ1v) is 5.71. The standard InChI is InChI=1S/C11H14N2S/c1-11(2)4-10(11)13-6-9-3-8(5-12)7-14-9/h3,7,10,13H,4,6H2,1-2H3. The van der Waals surface area contributed by atoms with Gasteiger partial charge in [-0.05, 0) is 17.9 Å². The van der Waals surface area contributed by atoms with E-state index >= 15 is 0 Å². The fraction of sp³-hybridized carbons (Fsp3) is 0.545. The van der Waals surface area contributed by atoms with Gasteiger partial charge in [0.1, 0.15) is 6.07 Å². The third kappa shape index (κ3) is 1.97. The summed E-state index contributed by atoms with van der Waals surface area (Å²) in [7, 11) is 0. The lowest BCUT2D eigenvalue weighted by Gasteiger charge is -2.04. The normalized spacial score (nSPS) is 23.1. The van der Waals surface area contributed by atoms with E-state index in [0.717, 1.165) is 12.1 Å². The number of thiophene rings is 1. The Kier molecular flexibility index (Phi) is 2.34. The Morgan fingerprint density at radius 2 is 2.43 bits per heavy atom. The molecule has 0 bridgehead atoms. The van der Waals surface area contributed by atoms with E-state index in [1.165, 1.54) is 11.3 Å². The summed E-state index contributed by atoms with van der Waals surface area (Å²) in [5.74, 6) is 0. The lowest BCUT2D eigenvalue weighted by molar-refractivity contribution is 0.544. The molecule has 0 saturated heterocycles. The van der Waals surface area contributed by atoms with Crippen LogP contribution in [0.3, 0.4) is 0 Å². The molecule has 2 rings (SSSR count). The van der Waals surface area contributed by atoms with Crippen LogP contribution in [0.25, 0.3) is 0 Å². The van der Waals surface area contributed by atoms with E-state index in [-0.39, 0.29) is 0 Å². The maximum absolute atomic E-state index is 8.66. The van der Waals surface area contributed by atoms with Gasteiger partial charge in [-0.25, -0.2) is 0 Å². The van der Waals surface area contributed by atoms with Crippen LogP contribution in [0.5, 0.6) is 0 Å². The summed E-state index contributed by atoms with van der Waals surface area (Å²) in [5.41, 5.74) is 1.26. The Morgan fingerprint density at radius 1 is 1.71 bits per heavy atom. The van der Waals surface area contributed by atoms with Crippen molar-refractivity contribution < 1.29 is 0 Å². The van der Waals surface area contributed by atoms with E-state index in [0.29, 0.717) is 11.5 Å². The molecule has 14 heavy (non-hydrogen) atoms. The first kappa shape index (κ1) is 9.70. The predicted molar refractivity (Wildman–Crippen MR) is 58.1 cm³/mol. The third-order valence-corrected chi connectivity index (χ3v) is 3.76. The maximum atomic E-state index is 8.66. The molecule has 74 valence electrons. The summed E-state index contributed by atoms with van der Waals surface area (Å²) < 4.78 is 0. The van der Waals surface area contributed by atoms with Crippen molar-refractivity contribution >= 4 is 11.3 Å². The summed E-state index contributed by atoms with van der Waals surface area (Å²) in [5, 5.41) is 14.1. The van der Waals surface area contributed by atoms with Crippen LogP contribution in [0.4, 0.5) is 0 Å². The van der Waals surface area contributed by atoms with Crippen molar-refractivity contribution in [3.63, 3.8) is 0 Å². The van der Waals surface area contributed by atoms with Crippen molar-refractivity contribution in [2.75, 3.05) is 0 Å². The average molecular weight is 206 g/mol. The van der Waals surface area contributed by atoms with Gasteiger partial charge in [0.2, 0.25) is 0 Å². The zero-order chi connectivity index (χ0) is 10.2. The third-order valence-electron chi connectivity index (χ3n) is 2.82. The van der Waals surface area contributed by atoms with E-state index < -0.39 is 0 Å². The highest BCUT2D eigenvalue weighted by Crippen LogP contribution is 2.44. The molecule has 1 unspecified atom stereocenters. The number of nitrogens with one attached hydrogen (secondary N) is 1. The van der Waals surface area contributed by atoms with E-state index in [9.17, 15) is 0 Å². The highest BCUT2D eigenvalue weighted by molar-refractivity contribution is 7.10. The van der Waals surface area contributed by atoms with E-state index in [1.807, 2.05) is 11.4 Å². The minimum atomic E-state index is 0.481. The molecule has 1 N–H and O–H groups in total. The van der Waals surface area contributed by atoms with Crippen molar-refractivity contribution in [1.82, 2.24) is 5.32 Å². The van der Waals surface area contributed by atoms with Crippen molar-refractivity contribution in [2.24, 2.45) is 5.41 Å². The molecular formula is C11H14N2S. The summed E-state index contributed by atoms with van der Waals surface area (Å²) in [6, 6.07) is 4.78. The minimum Gasteiger partial charge on any atom is -0.309 e. The molecule has 1 heterocycles. The molecule has 0 radical (unpaired) electrons. The SMILES string of the molecule is CC1(C)CC1NCc1cc(C#N)cs1. The average Bonchev–Trinajstić information content (AvgIpc) is 2.62. The first-order chi connectivity index (χ1) is 6.62. The van der Waals surface area contributed by atoms with Crippen LogP contribution < -0.4 is 5.32 Å². The maximum Gasteiger partial charge on any atom is 0.100 e. The van der Waals surface area contributed by atoms with Gasteiger partial charge in [0, 0.05) is 22.8 Å². The van der Waals surface area contributed by atoms with Crippen molar-refractivity contribution in [3.8, 4) is 6.07 Å². The largest absolute Gasteiger partial charge is 0.309 e. The number of hydrogen-bond acceptors (Lipinski definition) is 3. The number of hydrogen-bond donors (Lipinski definition) is 1. The summed E-state index contributed by atoms with van der Waals surface area (Å²) in [6.07, 6.45) is 1.27. The molecule has 1 fully saturated rings. The minimum absolute atomic E-state index is 0.481. The molecular weight excluding hydrogens is 192 g/mol. The summed E-state index contributed by atoms with van der Waals surface area (Å²) >= 11 is 1.66. The fourth-order valence-electron chi connectivity index (χ4n) is 1.57. The van der Waals surface area contributed by atoms with Crippen LogP contribution in [-0.2, 0) is 6.54 Å². The lowest BCUT2D eigenvalue weighted by Crippen LogP contribution is -2.19. The molecule has 1 saturated carbocycles. The van der Waals surface area contributed by atoms with Gasteiger partial charge in [0.25, 0.3) is 0 Å². The fourth-order valence-corrected chi connectivity index (χ4v) is 2.33. The monoisotopic (exact) mass is 206 g/mol. The van der Waals surface area contributed by atoms with Crippen LogP contribution in [0.2, 0.25) is 0 Å². The van der Waals surface area contributed by atoms with Gasteiger partial charge in [-0.1, -0.05) is 13.8 Å².